The zero-order valence-electron chi connectivity index (χ0n) is 11.5. The van der Waals surface area contributed by atoms with Crippen LogP contribution in [0.3, 0.4) is 0 Å². The molecule has 0 saturated carbocycles. The van der Waals surface area contributed by atoms with Crippen molar-refractivity contribution in [2.75, 3.05) is 5.32 Å². The monoisotopic (exact) mass is 389 g/mol. The third-order valence-electron chi connectivity index (χ3n) is 3.30. The Morgan fingerprint density at radius 1 is 1.37 bits per heavy atom. The van der Waals surface area contributed by atoms with Crippen LogP contribution < -0.4 is 5.32 Å². The van der Waals surface area contributed by atoms with Crippen molar-refractivity contribution in [1.82, 2.24) is 9.78 Å². The minimum absolute atomic E-state index is 0.211. The first kappa shape index (κ1) is 14.7. The third kappa shape index (κ3) is 3.05. The molecule has 2 rings (SSSR count). The lowest BCUT2D eigenvalue weighted by Crippen LogP contribution is -2.10. The van der Waals surface area contributed by atoms with E-state index in [4.69, 9.17) is 11.6 Å². The van der Waals surface area contributed by atoms with Gasteiger partial charge in [0.2, 0.25) is 0 Å². The summed E-state index contributed by atoms with van der Waals surface area (Å²) in [5, 5.41) is 8.75. The molecule has 0 bridgehead atoms. The van der Waals surface area contributed by atoms with Crippen molar-refractivity contribution in [2.45, 2.75) is 26.8 Å². The summed E-state index contributed by atoms with van der Waals surface area (Å²) in [6.45, 7) is 6.30. The van der Waals surface area contributed by atoms with Gasteiger partial charge in [-0.3, -0.25) is 4.68 Å². The molecule has 19 heavy (non-hydrogen) atoms. The smallest absolute Gasteiger partial charge is 0.0649 e. The van der Waals surface area contributed by atoms with Gasteiger partial charge in [0.25, 0.3) is 0 Å². The predicted molar refractivity (Wildman–Crippen MR) is 88.9 cm³/mol. The summed E-state index contributed by atoms with van der Waals surface area (Å²) >= 11 is 8.27. The summed E-state index contributed by atoms with van der Waals surface area (Å²) in [5.74, 6) is 0. The van der Waals surface area contributed by atoms with Crippen LogP contribution >= 0.6 is 34.2 Å². The molecule has 1 heterocycles. The number of rotatable bonds is 3. The number of aromatic nitrogens is 2. The van der Waals surface area contributed by atoms with Gasteiger partial charge in [0, 0.05) is 32.6 Å². The van der Waals surface area contributed by atoms with Crippen LogP contribution in [0.25, 0.3) is 0 Å². The third-order valence-corrected chi connectivity index (χ3v) is 4.43. The van der Waals surface area contributed by atoms with Crippen molar-refractivity contribution in [3.8, 4) is 0 Å². The number of nitrogens with one attached hydrogen (secondary N) is 1. The number of hydrogen-bond acceptors (Lipinski definition) is 2. The van der Waals surface area contributed by atoms with Crippen LogP contribution in [0, 0.1) is 17.4 Å². The Kier molecular flexibility index (Phi) is 4.40. The molecule has 0 spiro atoms. The molecule has 1 N–H and O–H groups in total. The van der Waals surface area contributed by atoms with Gasteiger partial charge in [-0.05, 0) is 61.6 Å². The van der Waals surface area contributed by atoms with Crippen molar-refractivity contribution in [3.05, 3.63) is 43.7 Å². The van der Waals surface area contributed by atoms with Gasteiger partial charge in [-0.15, -0.1) is 0 Å². The second-order valence-electron chi connectivity index (χ2n) is 4.70. The highest BCUT2D eigenvalue weighted by Crippen LogP contribution is 2.28. The van der Waals surface area contributed by atoms with Gasteiger partial charge in [-0.25, -0.2) is 0 Å². The molecule has 1 aromatic heterocycles. The average molecular weight is 390 g/mol. The Hall–Kier alpha value is -0.750. The largest absolute Gasteiger partial charge is 0.378 e. The summed E-state index contributed by atoms with van der Waals surface area (Å²) in [4.78, 5) is 0. The first-order valence-corrected chi connectivity index (χ1v) is 7.57. The zero-order chi connectivity index (χ0) is 14.2. The fourth-order valence-corrected chi connectivity index (χ4v) is 3.36. The van der Waals surface area contributed by atoms with Crippen LogP contribution in [-0.2, 0) is 7.05 Å². The summed E-state index contributed by atoms with van der Waals surface area (Å²) in [6, 6.07) is 6.09. The Morgan fingerprint density at radius 3 is 2.58 bits per heavy atom. The molecule has 3 nitrogen and oxygen atoms in total. The summed E-state index contributed by atoms with van der Waals surface area (Å²) in [5.41, 5.74) is 4.62. The van der Waals surface area contributed by atoms with Crippen LogP contribution in [0.2, 0.25) is 5.02 Å². The van der Waals surface area contributed by atoms with Gasteiger partial charge in [-0.2, -0.15) is 5.10 Å². The first-order chi connectivity index (χ1) is 8.90. The lowest BCUT2D eigenvalue weighted by Gasteiger charge is -2.17. The number of hydrogen-bond donors (Lipinski definition) is 1. The number of nitrogens with zero attached hydrogens (tertiary/aromatic N) is 2. The second kappa shape index (κ2) is 5.71. The van der Waals surface area contributed by atoms with E-state index in [9.17, 15) is 0 Å². The van der Waals surface area contributed by atoms with E-state index < -0.39 is 0 Å². The molecule has 1 atom stereocenters. The molecule has 102 valence electrons. The summed E-state index contributed by atoms with van der Waals surface area (Å²) in [7, 11) is 1.98. The molecule has 2 aromatic rings. The maximum atomic E-state index is 5.98. The van der Waals surface area contributed by atoms with E-state index in [0.29, 0.717) is 0 Å². The zero-order valence-corrected chi connectivity index (χ0v) is 14.4. The Morgan fingerprint density at radius 2 is 2.05 bits per heavy atom. The summed E-state index contributed by atoms with van der Waals surface area (Å²) in [6.07, 6.45) is 0. The van der Waals surface area contributed by atoms with Gasteiger partial charge in [0.15, 0.2) is 0 Å². The van der Waals surface area contributed by atoms with Gasteiger partial charge < -0.3 is 5.32 Å². The average Bonchev–Trinajstić information content (AvgIpc) is 2.57. The fraction of sp³-hybridized carbons (Fsp3) is 0.357. The molecular weight excluding hydrogens is 373 g/mol. The van der Waals surface area contributed by atoms with E-state index in [-0.39, 0.29) is 6.04 Å². The maximum Gasteiger partial charge on any atom is 0.0649 e. The molecule has 0 radical (unpaired) electrons. The molecule has 0 aliphatic carbocycles. The lowest BCUT2D eigenvalue weighted by molar-refractivity contribution is 0.728. The molecule has 1 aromatic carbocycles. The molecule has 5 heteroatoms. The minimum atomic E-state index is 0.211. The minimum Gasteiger partial charge on any atom is -0.378 e. The molecule has 0 fully saturated rings. The highest BCUT2D eigenvalue weighted by molar-refractivity contribution is 14.1. The van der Waals surface area contributed by atoms with Crippen molar-refractivity contribution < 1.29 is 0 Å². The number of benzene rings is 1. The fourth-order valence-electron chi connectivity index (χ4n) is 2.33. The number of aryl methyl sites for hydroxylation is 2. The predicted octanol–water partition coefficient (Wildman–Crippen LogP) is 4.47. The van der Waals surface area contributed by atoms with E-state index in [2.05, 4.69) is 46.9 Å². The van der Waals surface area contributed by atoms with Crippen LogP contribution in [0.1, 0.15) is 29.9 Å². The highest BCUT2D eigenvalue weighted by Gasteiger charge is 2.16. The first-order valence-electron chi connectivity index (χ1n) is 6.12. The summed E-state index contributed by atoms with van der Waals surface area (Å²) < 4.78 is 3.05. The maximum absolute atomic E-state index is 5.98. The van der Waals surface area contributed by atoms with E-state index >= 15 is 0 Å². The Labute approximate surface area is 132 Å². The number of halogens is 2. The lowest BCUT2D eigenvalue weighted by atomic mass is 10.1. The normalized spacial score (nSPS) is 12.5. The molecular formula is C14H17ClIN3. The van der Waals surface area contributed by atoms with E-state index in [1.165, 1.54) is 11.3 Å². The molecule has 0 amide bonds. The molecule has 0 aliphatic rings. The topological polar surface area (TPSA) is 29.9 Å². The van der Waals surface area contributed by atoms with Gasteiger partial charge >= 0.3 is 0 Å². The van der Waals surface area contributed by atoms with E-state index in [1.807, 2.05) is 36.9 Å². The van der Waals surface area contributed by atoms with E-state index in [0.717, 1.165) is 20.0 Å². The van der Waals surface area contributed by atoms with Gasteiger partial charge in [-0.1, -0.05) is 11.6 Å². The second-order valence-corrected chi connectivity index (χ2v) is 6.30. The Balaban J connectivity index is 2.28. The van der Waals surface area contributed by atoms with Crippen LogP contribution in [0.15, 0.2) is 18.2 Å². The van der Waals surface area contributed by atoms with Crippen molar-refractivity contribution in [3.63, 3.8) is 0 Å². The van der Waals surface area contributed by atoms with Crippen molar-refractivity contribution >= 4 is 39.9 Å². The highest BCUT2D eigenvalue weighted by atomic mass is 127. The quantitative estimate of drug-likeness (QED) is 0.785. The molecule has 1 unspecified atom stereocenters. The van der Waals surface area contributed by atoms with E-state index in [1.54, 1.807) is 0 Å². The van der Waals surface area contributed by atoms with Crippen LogP contribution in [0.4, 0.5) is 5.69 Å². The number of anilines is 1. The molecule has 0 aliphatic heterocycles. The Bertz CT molecular complexity index is 607. The van der Waals surface area contributed by atoms with Crippen molar-refractivity contribution in [1.29, 1.82) is 0 Å². The van der Waals surface area contributed by atoms with Gasteiger partial charge in [0.05, 0.1) is 11.7 Å². The standard InChI is InChI=1S/C14H17ClIN3/c1-8(14-9(2)18-19(4)10(14)3)17-13-6-5-11(15)7-12(13)16/h5-8,17H,1-4H3. The van der Waals surface area contributed by atoms with Gasteiger partial charge in [0.1, 0.15) is 0 Å². The van der Waals surface area contributed by atoms with Crippen molar-refractivity contribution in [2.24, 2.45) is 7.05 Å². The SMILES string of the molecule is Cc1nn(C)c(C)c1C(C)Nc1ccc(Cl)cc1I. The van der Waals surface area contributed by atoms with Crippen LogP contribution in [-0.4, -0.2) is 9.78 Å². The molecule has 0 saturated heterocycles. The van der Waals surface area contributed by atoms with Crippen LogP contribution in [0.5, 0.6) is 0 Å².